The number of aliphatic hydroxyl groups is 1. The van der Waals surface area contributed by atoms with E-state index in [9.17, 15) is 15.2 Å². The maximum absolute atomic E-state index is 11.4. The lowest BCUT2D eigenvalue weighted by Crippen LogP contribution is -2.40. The molecule has 1 aliphatic carbocycles. The van der Waals surface area contributed by atoms with Gasteiger partial charge in [0.15, 0.2) is 0 Å². The van der Waals surface area contributed by atoms with E-state index in [-0.39, 0.29) is 10.6 Å². The Kier molecular flexibility index (Phi) is 4.51. The zero-order valence-corrected chi connectivity index (χ0v) is 13.0. The van der Waals surface area contributed by atoms with Gasteiger partial charge in [-0.05, 0) is 19.3 Å². The fraction of sp³-hybridized carbons (Fsp3) is 0.786. The molecule has 0 aromatic carbocycles. The molecule has 0 aliphatic heterocycles. The minimum absolute atomic E-state index is 0.0726. The van der Waals surface area contributed by atoms with Crippen molar-refractivity contribution in [2.45, 2.75) is 51.0 Å². The summed E-state index contributed by atoms with van der Waals surface area (Å²) in [7, 11) is 3.51. The van der Waals surface area contributed by atoms with Crippen LogP contribution >= 0.6 is 0 Å². The quantitative estimate of drug-likeness (QED) is 0.641. The summed E-state index contributed by atoms with van der Waals surface area (Å²) >= 11 is 0. The van der Waals surface area contributed by atoms with Crippen LogP contribution in [0.3, 0.4) is 0 Å². The van der Waals surface area contributed by atoms with Crippen LogP contribution in [0.4, 0.5) is 11.5 Å². The first-order chi connectivity index (χ1) is 9.88. The van der Waals surface area contributed by atoms with Crippen LogP contribution in [0.1, 0.15) is 44.7 Å². The van der Waals surface area contributed by atoms with E-state index < -0.39 is 5.60 Å². The zero-order valence-electron chi connectivity index (χ0n) is 13.0. The highest BCUT2D eigenvalue weighted by atomic mass is 16.6. The minimum atomic E-state index is -0.738. The first-order valence-electron chi connectivity index (χ1n) is 7.52. The van der Waals surface area contributed by atoms with E-state index in [1.54, 1.807) is 23.7 Å². The standard InChI is InChI=1S/C14H24N4O3/c1-4-7-11-12(18(20)21)13(17(3)15-11)16(2)10-14(19)8-5-6-9-14/h19H,4-10H2,1-3H3. The van der Waals surface area contributed by atoms with Crippen LogP contribution < -0.4 is 4.90 Å². The first kappa shape index (κ1) is 15.8. The molecule has 0 spiro atoms. The molecule has 1 saturated carbocycles. The van der Waals surface area contributed by atoms with Crippen molar-refractivity contribution in [3.8, 4) is 0 Å². The molecule has 0 bridgehead atoms. The average molecular weight is 296 g/mol. The van der Waals surface area contributed by atoms with Gasteiger partial charge in [0.05, 0.1) is 10.5 Å². The van der Waals surface area contributed by atoms with Gasteiger partial charge in [-0.15, -0.1) is 0 Å². The van der Waals surface area contributed by atoms with E-state index >= 15 is 0 Å². The summed E-state index contributed by atoms with van der Waals surface area (Å²) in [4.78, 5) is 12.8. The van der Waals surface area contributed by atoms with Crippen molar-refractivity contribution in [2.24, 2.45) is 7.05 Å². The summed E-state index contributed by atoms with van der Waals surface area (Å²) in [6.45, 7) is 2.38. The normalized spacial score (nSPS) is 17.1. The highest BCUT2D eigenvalue weighted by Gasteiger charge is 2.36. The van der Waals surface area contributed by atoms with Crippen LogP contribution in [0.5, 0.6) is 0 Å². The Morgan fingerprint density at radius 1 is 1.48 bits per heavy atom. The summed E-state index contributed by atoms with van der Waals surface area (Å²) < 4.78 is 1.56. The Labute approximate surface area is 124 Å². The van der Waals surface area contributed by atoms with Crippen molar-refractivity contribution in [2.75, 3.05) is 18.5 Å². The molecule has 1 aromatic rings. The number of nitrogens with zero attached hydrogens (tertiary/aromatic N) is 4. The number of hydrogen-bond acceptors (Lipinski definition) is 5. The number of hydrogen-bond donors (Lipinski definition) is 1. The van der Waals surface area contributed by atoms with Crippen LogP contribution in [0.25, 0.3) is 0 Å². The molecule has 2 rings (SSSR count). The van der Waals surface area contributed by atoms with Gasteiger partial charge in [-0.3, -0.25) is 10.1 Å². The molecule has 7 heteroatoms. The van der Waals surface area contributed by atoms with Crippen LogP contribution in [0.15, 0.2) is 0 Å². The summed E-state index contributed by atoms with van der Waals surface area (Å²) in [6, 6.07) is 0. The lowest BCUT2D eigenvalue weighted by Gasteiger charge is -2.29. The second kappa shape index (κ2) is 6.01. The highest BCUT2D eigenvalue weighted by Crippen LogP contribution is 2.35. The molecule has 1 aliphatic rings. The molecule has 1 aromatic heterocycles. The van der Waals surface area contributed by atoms with Gasteiger partial charge in [0, 0.05) is 20.6 Å². The van der Waals surface area contributed by atoms with Gasteiger partial charge in [0.2, 0.25) is 5.82 Å². The molecule has 0 unspecified atom stereocenters. The Hall–Kier alpha value is -1.63. The summed E-state index contributed by atoms with van der Waals surface area (Å²) in [5, 5.41) is 26.2. The van der Waals surface area contributed by atoms with Crippen molar-refractivity contribution >= 4 is 11.5 Å². The molecule has 118 valence electrons. The topological polar surface area (TPSA) is 84.4 Å². The molecule has 1 heterocycles. The Morgan fingerprint density at radius 3 is 2.62 bits per heavy atom. The molecule has 0 radical (unpaired) electrons. The largest absolute Gasteiger partial charge is 0.388 e. The second-order valence-electron chi connectivity index (χ2n) is 6.04. The third-order valence-corrected chi connectivity index (χ3v) is 4.16. The van der Waals surface area contributed by atoms with Gasteiger partial charge in [-0.1, -0.05) is 26.2 Å². The van der Waals surface area contributed by atoms with E-state index in [2.05, 4.69) is 5.10 Å². The van der Waals surface area contributed by atoms with E-state index in [0.29, 0.717) is 24.5 Å². The predicted molar refractivity (Wildman–Crippen MR) is 80.5 cm³/mol. The van der Waals surface area contributed by atoms with Gasteiger partial charge in [0.25, 0.3) is 0 Å². The van der Waals surface area contributed by atoms with Crippen molar-refractivity contribution in [1.29, 1.82) is 0 Å². The first-order valence-corrected chi connectivity index (χ1v) is 7.52. The van der Waals surface area contributed by atoms with Gasteiger partial charge in [-0.2, -0.15) is 5.10 Å². The van der Waals surface area contributed by atoms with Crippen molar-refractivity contribution < 1.29 is 10.0 Å². The lowest BCUT2D eigenvalue weighted by atomic mass is 10.0. The van der Waals surface area contributed by atoms with Crippen LogP contribution in [-0.4, -0.2) is 39.0 Å². The fourth-order valence-corrected chi connectivity index (χ4v) is 3.29. The number of rotatable bonds is 6. The van der Waals surface area contributed by atoms with Gasteiger partial charge < -0.3 is 10.0 Å². The minimum Gasteiger partial charge on any atom is -0.388 e. The molecule has 21 heavy (non-hydrogen) atoms. The lowest BCUT2D eigenvalue weighted by molar-refractivity contribution is -0.384. The van der Waals surface area contributed by atoms with Crippen LogP contribution in [0, 0.1) is 10.1 Å². The SMILES string of the molecule is CCCc1nn(C)c(N(C)CC2(O)CCCC2)c1[N+](=O)[O-]. The molecule has 7 nitrogen and oxygen atoms in total. The monoisotopic (exact) mass is 296 g/mol. The smallest absolute Gasteiger partial charge is 0.334 e. The summed E-state index contributed by atoms with van der Waals surface area (Å²) in [6.07, 6.45) is 4.93. The fourth-order valence-electron chi connectivity index (χ4n) is 3.29. The maximum atomic E-state index is 11.4. The number of likely N-dealkylation sites (N-methyl/N-ethyl adjacent to an activating group) is 1. The number of aryl methyl sites for hydroxylation is 2. The van der Waals surface area contributed by atoms with Gasteiger partial charge >= 0.3 is 5.69 Å². The molecular weight excluding hydrogens is 272 g/mol. The molecular formula is C14H24N4O3. The highest BCUT2D eigenvalue weighted by molar-refractivity contribution is 5.61. The average Bonchev–Trinajstić information content (AvgIpc) is 2.93. The second-order valence-corrected chi connectivity index (χ2v) is 6.04. The molecule has 0 saturated heterocycles. The molecule has 1 N–H and O–H groups in total. The molecule has 0 atom stereocenters. The Bertz CT molecular complexity index is 521. The third-order valence-electron chi connectivity index (χ3n) is 4.16. The molecule has 1 fully saturated rings. The van der Waals surface area contributed by atoms with E-state index in [1.165, 1.54) is 0 Å². The number of anilines is 1. The summed E-state index contributed by atoms with van der Waals surface area (Å²) in [5.41, 5.74) is -0.147. The number of nitro groups is 1. The van der Waals surface area contributed by atoms with E-state index in [0.717, 1.165) is 32.1 Å². The summed E-state index contributed by atoms with van der Waals surface area (Å²) in [5.74, 6) is 0.476. The predicted octanol–water partition coefficient (Wildman–Crippen LogP) is 2.02. The van der Waals surface area contributed by atoms with E-state index in [1.807, 2.05) is 6.92 Å². The Morgan fingerprint density at radius 2 is 2.10 bits per heavy atom. The van der Waals surface area contributed by atoms with Gasteiger partial charge in [-0.25, -0.2) is 4.68 Å². The van der Waals surface area contributed by atoms with Gasteiger partial charge in [0.1, 0.15) is 5.69 Å². The van der Waals surface area contributed by atoms with Crippen molar-refractivity contribution in [1.82, 2.24) is 9.78 Å². The number of aromatic nitrogens is 2. The Balaban J connectivity index is 2.31. The van der Waals surface area contributed by atoms with Crippen molar-refractivity contribution in [3.63, 3.8) is 0 Å². The van der Waals surface area contributed by atoms with E-state index in [4.69, 9.17) is 0 Å². The third kappa shape index (κ3) is 3.18. The zero-order chi connectivity index (χ0) is 15.6. The van der Waals surface area contributed by atoms with Crippen LogP contribution in [0.2, 0.25) is 0 Å². The van der Waals surface area contributed by atoms with Crippen LogP contribution in [-0.2, 0) is 13.5 Å². The maximum Gasteiger partial charge on any atom is 0.334 e. The van der Waals surface area contributed by atoms with Crippen molar-refractivity contribution in [3.05, 3.63) is 15.8 Å². The molecule has 0 amide bonds.